The summed E-state index contributed by atoms with van der Waals surface area (Å²) in [6.07, 6.45) is 3.06. The molecule has 0 saturated heterocycles. The van der Waals surface area contributed by atoms with E-state index >= 15 is 0 Å². The Kier molecular flexibility index (Phi) is 6.68. The number of aliphatic imine (C=N–C) groups is 1. The first kappa shape index (κ1) is 19.5. The largest absolute Gasteiger partial charge is 0.525 e. The van der Waals surface area contributed by atoms with Gasteiger partial charge in [-0.25, -0.2) is 14.6 Å². The number of carbonyl (C=O) groups is 1. The molecule has 0 spiro atoms. The molecule has 3 aromatic rings. The lowest BCUT2D eigenvalue weighted by Crippen LogP contribution is -2.07. The number of isocyanates is 1. The molecule has 0 amide bonds. The first-order valence-electron chi connectivity index (χ1n) is 9.15. The van der Waals surface area contributed by atoms with E-state index in [9.17, 15) is 9.59 Å². The number of rotatable bonds is 7. The summed E-state index contributed by atoms with van der Waals surface area (Å²) < 4.78 is 5.18. The van der Waals surface area contributed by atoms with Crippen molar-refractivity contribution in [1.29, 1.82) is 0 Å². The van der Waals surface area contributed by atoms with Crippen LogP contribution in [0.2, 0.25) is 0 Å². The van der Waals surface area contributed by atoms with Crippen LogP contribution in [-0.4, -0.2) is 29.1 Å². The third kappa shape index (κ3) is 4.34. The molecule has 0 saturated carbocycles. The molecule has 0 unspecified atom stereocenters. The molecule has 0 bridgehead atoms. The Morgan fingerprint density at radius 1 is 0.893 bits per heavy atom. The smallest absolute Gasteiger partial charge is 0.324 e. The minimum atomic E-state index is -0.306. The van der Waals surface area contributed by atoms with Crippen molar-refractivity contribution in [2.75, 3.05) is 6.54 Å². The average Bonchev–Trinajstić information content (AvgIpc) is 2.77. The van der Waals surface area contributed by atoms with Crippen molar-refractivity contribution >= 4 is 22.5 Å². The highest BCUT2D eigenvalue weighted by Gasteiger charge is 2.20. The molecule has 0 radical (unpaired) electrons. The lowest BCUT2D eigenvalue weighted by molar-refractivity contribution is 0.0750. The van der Waals surface area contributed by atoms with Gasteiger partial charge in [0.15, 0.2) is 0 Å². The topological polar surface area (TPSA) is 55.7 Å². The fourth-order valence-corrected chi connectivity index (χ4v) is 3.59. The minimum absolute atomic E-state index is 0.306. The van der Waals surface area contributed by atoms with Crippen molar-refractivity contribution in [2.24, 2.45) is 4.99 Å². The lowest BCUT2D eigenvalue weighted by Gasteiger charge is -2.19. The maximum Gasteiger partial charge on any atom is 0.324 e. The molecule has 5 heteroatoms. The van der Waals surface area contributed by atoms with E-state index in [2.05, 4.69) is 4.99 Å². The molecule has 0 aromatic heterocycles. The first-order chi connectivity index (χ1) is 13.8. The third-order valence-corrected chi connectivity index (χ3v) is 4.97. The molecule has 0 atom stereocenters. The summed E-state index contributed by atoms with van der Waals surface area (Å²) in [7, 11) is 0.338. The number of carbonyl (C=O) groups excluding carboxylic acids is 2. The normalized spacial score (nSPS) is 10.3. The summed E-state index contributed by atoms with van der Waals surface area (Å²) in [5.41, 5.74) is 5.58. The summed E-state index contributed by atoms with van der Waals surface area (Å²) in [5.74, 6) is -0.306. The molecule has 0 fully saturated rings. The Morgan fingerprint density at radius 2 is 1.50 bits per heavy atom. The van der Waals surface area contributed by atoms with Gasteiger partial charge in [0, 0.05) is 5.56 Å². The van der Waals surface area contributed by atoms with Crippen molar-refractivity contribution in [3.8, 4) is 22.3 Å². The van der Waals surface area contributed by atoms with E-state index in [0.29, 0.717) is 22.6 Å². The van der Waals surface area contributed by atoms with E-state index in [1.165, 1.54) is 0 Å². The maximum atomic E-state index is 12.6. The van der Waals surface area contributed by atoms with Crippen LogP contribution >= 0.6 is 0 Å². The summed E-state index contributed by atoms with van der Waals surface area (Å²) in [6, 6.07) is 23.8. The van der Waals surface area contributed by atoms with Crippen LogP contribution in [-0.2, 0) is 15.6 Å². The lowest BCUT2D eigenvalue weighted by atomic mass is 9.85. The number of benzene rings is 3. The third-order valence-electron chi connectivity index (χ3n) is 4.60. The predicted molar refractivity (Wildman–Crippen MR) is 114 cm³/mol. The van der Waals surface area contributed by atoms with E-state index in [1.807, 2.05) is 72.8 Å². The van der Waals surface area contributed by atoms with Crippen molar-refractivity contribution < 1.29 is 14.0 Å². The van der Waals surface area contributed by atoms with Crippen LogP contribution in [0.1, 0.15) is 22.3 Å². The van der Waals surface area contributed by atoms with Crippen LogP contribution in [0.25, 0.3) is 22.3 Å². The Labute approximate surface area is 167 Å². The van der Waals surface area contributed by atoms with E-state index in [-0.39, 0.29) is 5.97 Å². The Bertz CT molecular complexity index is 997. The van der Waals surface area contributed by atoms with Gasteiger partial charge in [-0.2, -0.15) is 0 Å². The van der Waals surface area contributed by atoms with Crippen LogP contribution < -0.4 is 0 Å². The Balaban J connectivity index is 2.24. The van der Waals surface area contributed by atoms with Gasteiger partial charge < -0.3 is 4.43 Å². The van der Waals surface area contributed by atoms with Crippen molar-refractivity contribution in [1.82, 2.24) is 0 Å². The highest BCUT2D eigenvalue weighted by molar-refractivity contribution is 6.12. The van der Waals surface area contributed by atoms with Gasteiger partial charge in [-0.15, -0.1) is 0 Å². The van der Waals surface area contributed by atoms with E-state index < -0.39 is 0 Å². The van der Waals surface area contributed by atoms with Crippen molar-refractivity contribution in [3.63, 3.8) is 0 Å². The molecule has 0 aliphatic rings. The fraction of sp³-hybridized carbons (Fsp3) is 0.130. The van der Waals surface area contributed by atoms with E-state index in [4.69, 9.17) is 4.43 Å². The molecule has 4 nitrogen and oxygen atoms in total. The average molecular weight is 388 g/mol. The van der Waals surface area contributed by atoms with Gasteiger partial charge in [0.05, 0.1) is 12.1 Å². The van der Waals surface area contributed by atoms with E-state index in [1.54, 1.807) is 6.08 Å². The standard InChI is InChI=1S/C23H21NO3Si/c25-16-24-15-7-12-19-13-14-20(23(26)27-28)22(18-10-5-2-6-11-18)21(19)17-8-3-1-4-9-17/h1-6,8-11,13-14H,7,12,15H2,28H3. The molecule has 28 heavy (non-hydrogen) atoms. The monoisotopic (exact) mass is 387 g/mol. The summed E-state index contributed by atoms with van der Waals surface area (Å²) in [6.45, 7) is 0.433. The second-order valence-electron chi connectivity index (χ2n) is 6.32. The zero-order valence-electron chi connectivity index (χ0n) is 15.7. The summed E-state index contributed by atoms with van der Waals surface area (Å²) >= 11 is 0. The molecule has 140 valence electrons. The molecular weight excluding hydrogens is 366 g/mol. The zero-order valence-corrected chi connectivity index (χ0v) is 17.7. The van der Waals surface area contributed by atoms with Gasteiger partial charge in [-0.05, 0) is 41.2 Å². The fourth-order valence-electron chi connectivity index (χ4n) is 3.37. The number of hydrogen-bond donors (Lipinski definition) is 0. The van der Waals surface area contributed by atoms with Gasteiger partial charge in [-0.3, -0.25) is 0 Å². The van der Waals surface area contributed by atoms with Gasteiger partial charge in [0.25, 0.3) is 0 Å². The predicted octanol–water partition coefficient (Wildman–Crippen LogP) is 3.73. The second-order valence-corrected chi connectivity index (χ2v) is 6.73. The van der Waals surface area contributed by atoms with Crippen LogP contribution in [0, 0.1) is 0 Å². The minimum Gasteiger partial charge on any atom is -0.525 e. The Morgan fingerprint density at radius 3 is 2.07 bits per heavy atom. The second kappa shape index (κ2) is 9.60. The highest BCUT2D eigenvalue weighted by atomic mass is 28.2. The van der Waals surface area contributed by atoms with Crippen LogP contribution in [0.4, 0.5) is 0 Å². The molecule has 3 rings (SSSR count). The molecule has 0 aliphatic heterocycles. The SMILES string of the molecule is O=C=NCCCc1ccc(C(=O)O[SiH3])c(-c2ccccc2)c1-c1ccccc1. The van der Waals surface area contributed by atoms with Crippen LogP contribution in [0.3, 0.4) is 0 Å². The molecule has 0 N–H and O–H groups in total. The maximum absolute atomic E-state index is 12.6. The molecule has 3 aromatic carbocycles. The number of hydrogen-bond acceptors (Lipinski definition) is 4. The number of nitrogens with zero attached hydrogens (tertiary/aromatic N) is 1. The van der Waals surface area contributed by atoms with Crippen molar-refractivity contribution in [3.05, 3.63) is 83.9 Å². The highest BCUT2D eigenvalue weighted by Crippen LogP contribution is 2.38. The van der Waals surface area contributed by atoms with Crippen molar-refractivity contribution in [2.45, 2.75) is 12.8 Å². The van der Waals surface area contributed by atoms with Gasteiger partial charge in [0.1, 0.15) is 0 Å². The van der Waals surface area contributed by atoms with Crippen LogP contribution in [0.5, 0.6) is 0 Å². The summed E-state index contributed by atoms with van der Waals surface area (Å²) in [4.78, 5) is 26.6. The van der Waals surface area contributed by atoms with Gasteiger partial charge in [0.2, 0.25) is 16.6 Å². The quantitative estimate of drug-likeness (QED) is 0.269. The van der Waals surface area contributed by atoms with Crippen LogP contribution in [0.15, 0.2) is 77.8 Å². The molecule has 0 aliphatic carbocycles. The first-order valence-corrected chi connectivity index (χ1v) is 9.96. The molecular formula is C23H21NO3Si. The summed E-state index contributed by atoms with van der Waals surface area (Å²) in [5, 5.41) is 0. The Hall–Kier alpha value is -3.27. The van der Waals surface area contributed by atoms with E-state index in [0.717, 1.165) is 40.7 Å². The van der Waals surface area contributed by atoms with Gasteiger partial charge >= 0.3 is 5.97 Å². The molecule has 0 heterocycles. The number of aryl methyl sites for hydroxylation is 1. The van der Waals surface area contributed by atoms with Gasteiger partial charge in [-0.1, -0.05) is 66.7 Å². The zero-order chi connectivity index (χ0) is 19.8.